The summed E-state index contributed by atoms with van der Waals surface area (Å²) in [6.45, 7) is 20.5. The number of carbonyl (C=O) groups is 2. The molecule has 0 fully saturated rings. The molecule has 52 heavy (non-hydrogen) atoms. The highest BCUT2D eigenvalue weighted by Gasteiger charge is 2.21. The molecule has 0 aliphatic carbocycles. The molecule has 0 saturated heterocycles. The zero-order valence-corrected chi connectivity index (χ0v) is 35.2. The van der Waals surface area contributed by atoms with Crippen LogP contribution >= 0.6 is 46.4 Å². The van der Waals surface area contributed by atoms with Crippen molar-refractivity contribution < 1.29 is 23.8 Å². The van der Waals surface area contributed by atoms with E-state index in [1.54, 1.807) is 29.0 Å². The Labute approximate surface area is 332 Å². The fourth-order valence-corrected chi connectivity index (χ4v) is 6.10. The van der Waals surface area contributed by atoms with Gasteiger partial charge in [-0.1, -0.05) is 65.7 Å². The van der Waals surface area contributed by atoms with Crippen LogP contribution < -0.4 is 15.1 Å². The number of nitrogens with one attached hydrogen (secondary N) is 1. The first-order valence-corrected chi connectivity index (χ1v) is 19.2. The van der Waals surface area contributed by atoms with Crippen molar-refractivity contribution in [2.45, 2.75) is 67.3 Å². The van der Waals surface area contributed by atoms with Crippen LogP contribution in [0.25, 0.3) is 0 Å². The lowest BCUT2D eigenvalue weighted by atomic mass is 9.98. The van der Waals surface area contributed by atoms with Gasteiger partial charge in [-0.15, -0.1) is 23.2 Å². The maximum atomic E-state index is 11.9. The van der Waals surface area contributed by atoms with E-state index in [1.807, 2.05) is 52.0 Å². The Hall–Kier alpha value is -2.56. The summed E-state index contributed by atoms with van der Waals surface area (Å²) in [7, 11) is 1.59. The third kappa shape index (κ3) is 16.2. The highest BCUT2D eigenvalue weighted by Crippen LogP contribution is 2.31. The fraction of sp³-hybridized carbons (Fsp3) is 0.500. The second-order valence-corrected chi connectivity index (χ2v) is 13.9. The molecule has 0 aromatic heterocycles. The van der Waals surface area contributed by atoms with Crippen LogP contribution in [-0.2, 0) is 23.8 Å². The Bertz CT molecular complexity index is 1460. The lowest BCUT2D eigenvalue weighted by Gasteiger charge is -2.29. The molecule has 0 radical (unpaired) electrons. The van der Waals surface area contributed by atoms with Crippen molar-refractivity contribution in [2.75, 3.05) is 80.1 Å². The number of ether oxygens (including phenoxy) is 3. The average molecular weight is 802 g/mol. The van der Waals surface area contributed by atoms with Crippen molar-refractivity contribution in [1.82, 2.24) is 0 Å². The number of hydrogen-bond acceptors (Lipinski definition) is 6. The van der Waals surface area contributed by atoms with E-state index in [4.69, 9.17) is 60.6 Å². The number of para-hydroxylation sites is 3. The average Bonchev–Trinajstić information content (AvgIpc) is 3.10. The van der Waals surface area contributed by atoms with Crippen LogP contribution in [-0.4, -0.2) is 82.3 Å². The van der Waals surface area contributed by atoms with E-state index in [9.17, 15) is 9.59 Å². The van der Waals surface area contributed by atoms with Crippen LogP contribution in [0.15, 0.2) is 54.6 Å². The van der Waals surface area contributed by atoms with Crippen molar-refractivity contribution in [3.63, 3.8) is 0 Å². The summed E-state index contributed by atoms with van der Waals surface area (Å²) in [4.78, 5) is 26.8. The molecule has 0 aliphatic rings. The zero-order chi connectivity index (χ0) is 39.3. The van der Waals surface area contributed by atoms with Crippen LogP contribution in [0.1, 0.15) is 56.4 Å². The zero-order valence-electron chi connectivity index (χ0n) is 32.2. The summed E-state index contributed by atoms with van der Waals surface area (Å²) in [5.74, 6) is -0.502. The van der Waals surface area contributed by atoms with Crippen molar-refractivity contribution >= 4 is 75.3 Å². The predicted molar refractivity (Wildman–Crippen MR) is 222 cm³/mol. The second-order valence-electron chi connectivity index (χ2n) is 12.6. The summed E-state index contributed by atoms with van der Waals surface area (Å²) in [5.41, 5.74) is 7.22. The minimum atomic E-state index is -0.181. The third-order valence-corrected chi connectivity index (χ3v) is 9.02. The Morgan fingerprint density at radius 2 is 1.08 bits per heavy atom. The SMILES string of the molecule is CCOCCC(C)(C)Nc1c(C)cccc1C.CCOCCN(C(=O)CCl)c1c(C)cccc1Cl.COCCN(C(=O)CCl)c1c(C)cccc1Cl. The molecule has 8 nitrogen and oxygen atoms in total. The topological polar surface area (TPSA) is 80.3 Å². The largest absolute Gasteiger partial charge is 0.383 e. The van der Waals surface area contributed by atoms with E-state index in [1.165, 1.54) is 16.8 Å². The molecule has 0 bridgehead atoms. The lowest BCUT2D eigenvalue weighted by Crippen LogP contribution is -2.35. The molecule has 0 atom stereocenters. The summed E-state index contributed by atoms with van der Waals surface area (Å²) in [6, 6.07) is 17.4. The van der Waals surface area contributed by atoms with Crippen molar-refractivity contribution in [3.05, 3.63) is 86.9 Å². The molecule has 2 amide bonds. The van der Waals surface area contributed by atoms with Gasteiger partial charge in [0.2, 0.25) is 11.8 Å². The van der Waals surface area contributed by atoms with Crippen LogP contribution in [0, 0.1) is 27.7 Å². The van der Waals surface area contributed by atoms with Gasteiger partial charge in [-0.3, -0.25) is 9.59 Å². The van der Waals surface area contributed by atoms with Gasteiger partial charge in [0.25, 0.3) is 0 Å². The fourth-order valence-electron chi connectivity index (χ4n) is 5.16. The molecule has 0 spiro atoms. The lowest BCUT2D eigenvalue weighted by molar-refractivity contribution is -0.117. The Morgan fingerprint density at radius 1 is 0.673 bits per heavy atom. The van der Waals surface area contributed by atoms with Crippen molar-refractivity contribution in [3.8, 4) is 0 Å². The normalized spacial score (nSPS) is 10.8. The molecule has 12 heteroatoms. The van der Waals surface area contributed by atoms with Crippen LogP contribution in [0.3, 0.4) is 0 Å². The first-order valence-electron chi connectivity index (χ1n) is 17.4. The number of aryl methyl sites for hydroxylation is 4. The van der Waals surface area contributed by atoms with Gasteiger partial charge in [-0.05, 0) is 96.2 Å². The van der Waals surface area contributed by atoms with Crippen LogP contribution in [0.5, 0.6) is 0 Å². The molecule has 0 unspecified atom stereocenters. The molecular formula is C40H57Cl4N3O5. The smallest absolute Gasteiger partial charge is 0.242 e. The Balaban J connectivity index is 0.000000390. The number of methoxy groups -OCH3 is 1. The number of carbonyl (C=O) groups excluding carboxylic acids is 2. The van der Waals surface area contributed by atoms with Gasteiger partial charge in [0.05, 0.1) is 34.6 Å². The standard InChI is InChI=1S/C15H25NO.C13H17Cl2NO2.C12H15Cl2NO2/c1-6-17-11-10-15(4,5)16-14-12(2)8-7-9-13(14)3;1-3-18-8-7-16(12(17)9-14)13-10(2)5-4-6-11(13)15;1-9-4-3-5-10(14)12(9)15(6-7-17-2)11(16)8-13/h7-9,16H,6,10-11H2,1-5H3;4-6H,3,7-9H2,1-2H3;3-5H,6-8H2,1-2H3. The number of amides is 2. The number of rotatable bonds is 17. The molecule has 3 rings (SSSR count). The van der Waals surface area contributed by atoms with Crippen LogP contribution in [0.4, 0.5) is 17.1 Å². The van der Waals surface area contributed by atoms with Crippen molar-refractivity contribution in [2.24, 2.45) is 0 Å². The number of nitrogens with zero attached hydrogens (tertiary/aromatic N) is 2. The second kappa shape index (κ2) is 25.5. The summed E-state index contributed by atoms with van der Waals surface area (Å²) in [6.07, 6.45) is 1.01. The minimum absolute atomic E-state index is 0.0616. The quantitative estimate of drug-likeness (QED) is 0.108. The van der Waals surface area contributed by atoms with E-state index in [2.05, 4.69) is 51.2 Å². The molecule has 3 aromatic rings. The maximum Gasteiger partial charge on any atom is 0.242 e. The van der Waals surface area contributed by atoms with Crippen LogP contribution in [0.2, 0.25) is 10.0 Å². The van der Waals surface area contributed by atoms with E-state index < -0.39 is 0 Å². The first-order chi connectivity index (χ1) is 24.7. The Morgan fingerprint density at radius 3 is 1.48 bits per heavy atom. The molecule has 0 heterocycles. The minimum Gasteiger partial charge on any atom is -0.383 e. The molecule has 0 saturated carbocycles. The highest BCUT2D eigenvalue weighted by molar-refractivity contribution is 6.36. The summed E-state index contributed by atoms with van der Waals surface area (Å²) in [5, 5.41) is 4.72. The van der Waals surface area contributed by atoms with E-state index in [0.717, 1.165) is 30.8 Å². The Kier molecular flexibility index (Phi) is 23.2. The van der Waals surface area contributed by atoms with Crippen molar-refractivity contribution in [1.29, 1.82) is 0 Å². The van der Waals surface area contributed by atoms with E-state index in [-0.39, 0.29) is 29.1 Å². The van der Waals surface area contributed by atoms with Gasteiger partial charge >= 0.3 is 0 Å². The van der Waals surface area contributed by atoms with Gasteiger partial charge in [0.15, 0.2) is 0 Å². The number of halogens is 4. The van der Waals surface area contributed by atoms with Gasteiger partial charge in [-0.2, -0.15) is 0 Å². The van der Waals surface area contributed by atoms with Gasteiger partial charge in [0.1, 0.15) is 11.8 Å². The summed E-state index contributed by atoms with van der Waals surface area (Å²) < 4.78 is 15.7. The first kappa shape index (κ1) is 47.5. The van der Waals surface area contributed by atoms with Gasteiger partial charge < -0.3 is 29.3 Å². The monoisotopic (exact) mass is 799 g/mol. The molecule has 290 valence electrons. The van der Waals surface area contributed by atoms with E-state index >= 15 is 0 Å². The molecule has 0 aliphatic heterocycles. The summed E-state index contributed by atoms with van der Waals surface area (Å²) >= 11 is 23.5. The number of benzene rings is 3. The highest BCUT2D eigenvalue weighted by atomic mass is 35.5. The van der Waals surface area contributed by atoms with Gasteiger partial charge in [-0.25, -0.2) is 0 Å². The molecule has 3 aromatic carbocycles. The van der Waals surface area contributed by atoms with E-state index in [0.29, 0.717) is 54.3 Å². The number of alkyl halides is 2. The number of anilines is 3. The molecular weight excluding hydrogens is 744 g/mol. The molecule has 1 N–H and O–H groups in total. The van der Waals surface area contributed by atoms with Gasteiger partial charge in [0, 0.05) is 51.2 Å². The maximum absolute atomic E-state index is 11.9. The predicted octanol–water partition coefficient (Wildman–Crippen LogP) is 10.0. The number of hydrogen-bond donors (Lipinski definition) is 1. The third-order valence-electron chi connectivity index (χ3n) is 7.95.